The number of fused-ring (bicyclic) bond motifs is 2. The van der Waals surface area contributed by atoms with Crippen molar-refractivity contribution in [3.05, 3.63) is 106 Å². The minimum atomic E-state index is -2.80. The number of anilines is 1. The standard InChI is InChI=1S/C43H52F2N8O5/c1-28-34(24-47-53(28)33-17-19-50(20-18-33)40(57)58-41(2,3)4)37(54)48-32-13-9-29(10-14-32)23-46-38(55)35-15-16-36-42(26-43(44,45)27-42)51(21-22-52(35)36)25-30-7-11-31(12-8-30)39(56)49(5)6/h7-16,24,33H,17-23,25-27H2,1-6H3,(H,46,55)(H,48,54). The van der Waals surface area contributed by atoms with Crippen molar-refractivity contribution >= 4 is 29.5 Å². The number of hydrogen-bond donors (Lipinski definition) is 2. The first-order chi connectivity index (χ1) is 27.4. The van der Waals surface area contributed by atoms with Crippen molar-refractivity contribution in [3.8, 4) is 0 Å². The summed E-state index contributed by atoms with van der Waals surface area (Å²) in [5, 5.41) is 10.4. The molecule has 3 aliphatic rings. The molecule has 13 nitrogen and oxygen atoms in total. The maximum absolute atomic E-state index is 14.6. The molecule has 1 aliphatic carbocycles. The Morgan fingerprint density at radius 2 is 1.53 bits per heavy atom. The topological polar surface area (TPSA) is 134 Å². The van der Waals surface area contributed by atoms with Crippen LogP contribution < -0.4 is 10.6 Å². The predicted octanol–water partition coefficient (Wildman–Crippen LogP) is 6.59. The van der Waals surface area contributed by atoms with E-state index in [1.54, 1.807) is 61.6 Å². The predicted molar refractivity (Wildman–Crippen MR) is 214 cm³/mol. The fourth-order valence-corrected chi connectivity index (χ4v) is 8.39. The first-order valence-corrected chi connectivity index (χ1v) is 19.8. The third-order valence-corrected chi connectivity index (χ3v) is 11.4. The Balaban J connectivity index is 0.937. The lowest BCUT2D eigenvalue weighted by molar-refractivity contribution is -0.192. The monoisotopic (exact) mass is 798 g/mol. The van der Waals surface area contributed by atoms with E-state index in [-0.39, 0.29) is 49.2 Å². The number of nitrogens with zero attached hydrogens (tertiary/aromatic N) is 6. The van der Waals surface area contributed by atoms with Crippen LogP contribution in [0.15, 0.2) is 66.9 Å². The Labute approximate surface area is 337 Å². The number of aromatic nitrogens is 3. The molecule has 0 unspecified atom stereocenters. The van der Waals surface area contributed by atoms with Crippen LogP contribution in [0.3, 0.4) is 0 Å². The summed E-state index contributed by atoms with van der Waals surface area (Å²) in [4.78, 5) is 56.9. The zero-order chi connectivity index (χ0) is 41.6. The average Bonchev–Trinajstić information content (AvgIpc) is 3.78. The van der Waals surface area contributed by atoms with Crippen LogP contribution >= 0.6 is 0 Å². The van der Waals surface area contributed by atoms with Crippen molar-refractivity contribution in [2.45, 2.75) is 96.1 Å². The molecule has 2 aliphatic heterocycles. The summed E-state index contributed by atoms with van der Waals surface area (Å²) >= 11 is 0. The maximum atomic E-state index is 14.6. The number of likely N-dealkylation sites (tertiary alicyclic amines) is 1. The van der Waals surface area contributed by atoms with Crippen molar-refractivity contribution in [1.29, 1.82) is 0 Å². The highest BCUT2D eigenvalue weighted by Gasteiger charge is 2.62. The molecule has 0 atom stereocenters. The Bertz CT molecular complexity index is 2170. The molecule has 4 amide bonds. The van der Waals surface area contributed by atoms with Gasteiger partial charge in [0.15, 0.2) is 0 Å². The molecule has 1 spiro atoms. The fourth-order valence-electron chi connectivity index (χ4n) is 8.39. The number of benzene rings is 2. The van der Waals surface area contributed by atoms with Crippen LogP contribution in [0.4, 0.5) is 19.3 Å². The molecule has 0 radical (unpaired) electrons. The Morgan fingerprint density at radius 1 is 0.879 bits per heavy atom. The van der Waals surface area contributed by atoms with Gasteiger partial charge >= 0.3 is 6.09 Å². The number of halogens is 2. The molecular formula is C43H52F2N8O5. The molecule has 1 saturated heterocycles. The van der Waals surface area contributed by atoms with Crippen LogP contribution in [0.5, 0.6) is 0 Å². The molecule has 7 rings (SSSR count). The van der Waals surface area contributed by atoms with E-state index in [9.17, 15) is 28.0 Å². The summed E-state index contributed by atoms with van der Waals surface area (Å²) in [5.41, 5.74) is 3.76. The number of alkyl halides is 2. The second kappa shape index (κ2) is 15.6. The molecule has 4 heterocycles. The summed E-state index contributed by atoms with van der Waals surface area (Å²) < 4.78 is 38.5. The van der Waals surface area contributed by atoms with Gasteiger partial charge in [-0.15, -0.1) is 0 Å². The Kier molecular flexibility index (Phi) is 11.0. The quantitative estimate of drug-likeness (QED) is 0.195. The summed E-state index contributed by atoms with van der Waals surface area (Å²) in [5.74, 6) is -3.50. The SMILES string of the molecule is Cc1c(C(=O)Nc2ccc(CNC(=O)c3ccc4n3CCN(Cc3ccc(C(=O)N(C)C)cc3)C43CC(F)(F)C3)cc2)cnn1C1CCN(C(=O)OC(C)(C)C)CC1. The normalized spacial score (nSPS) is 17.6. The number of amides is 4. The lowest BCUT2D eigenvalue weighted by Crippen LogP contribution is -2.63. The van der Waals surface area contributed by atoms with Crippen molar-refractivity contribution in [2.75, 3.05) is 39.0 Å². The molecule has 2 fully saturated rings. The number of rotatable bonds is 9. The zero-order valence-corrected chi connectivity index (χ0v) is 34.0. The van der Waals surface area contributed by atoms with E-state index >= 15 is 0 Å². The minimum absolute atomic E-state index is 0.0578. The molecular weight excluding hydrogens is 747 g/mol. The van der Waals surface area contributed by atoms with Gasteiger partial charge in [0, 0.05) is 88.8 Å². The smallest absolute Gasteiger partial charge is 0.410 e. The van der Waals surface area contributed by atoms with E-state index < -0.39 is 17.1 Å². The summed E-state index contributed by atoms with van der Waals surface area (Å²) in [6.45, 7) is 10.1. The van der Waals surface area contributed by atoms with Gasteiger partial charge in [0.1, 0.15) is 11.3 Å². The third-order valence-electron chi connectivity index (χ3n) is 11.4. The molecule has 2 N–H and O–H groups in total. The van der Waals surface area contributed by atoms with Crippen molar-refractivity contribution in [1.82, 2.24) is 34.4 Å². The highest BCUT2D eigenvalue weighted by molar-refractivity contribution is 6.05. The van der Waals surface area contributed by atoms with Crippen LogP contribution in [0.2, 0.25) is 0 Å². The minimum Gasteiger partial charge on any atom is -0.444 e. The Morgan fingerprint density at radius 3 is 2.16 bits per heavy atom. The lowest BCUT2D eigenvalue weighted by Gasteiger charge is -2.56. The van der Waals surface area contributed by atoms with Crippen molar-refractivity contribution in [3.63, 3.8) is 0 Å². The molecule has 2 aromatic carbocycles. The van der Waals surface area contributed by atoms with Crippen LogP contribution in [0, 0.1) is 6.92 Å². The molecule has 308 valence electrons. The maximum Gasteiger partial charge on any atom is 0.410 e. The molecule has 4 aromatic rings. The summed E-state index contributed by atoms with van der Waals surface area (Å²) in [6, 6.07) is 18.0. The second-order valence-corrected chi connectivity index (χ2v) is 16.9. The van der Waals surface area contributed by atoms with Gasteiger partial charge in [-0.2, -0.15) is 5.10 Å². The largest absolute Gasteiger partial charge is 0.444 e. The van der Waals surface area contributed by atoms with E-state index in [1.807, 2.05) is 61.2 Å². The molecule has 0 bridgehead atoms. The van der Waals surface area contributed by atoms with E-state index in [0.29, 0.717) is 73.8 Å². The highest BCUT2D eigenvalue weighted by atomic mass is 19.3. The number of carbonyl (C=O) groups is 4. The Hall–Kier alpha value is -5.57. The van der Waals surface area contributed by atoms with Gasteiger partial charge in [0.25, 0.3) is 23.6 Å². The summed E-state index contributed by atoms with van der Waals surface area (Å²) in [7, 11) is 3.39. The molecule has 15 heteroatoms. The van der Waals surface area contributed by atoms with Gasteiger partial charge in [0.05, 0.1) is 23.3 Å². The molecule has 1 saturated carbocycles. The van der Waals surface area contributed by atoms with Crippen LogP contribution in [0.25, 0.3) is 0 Å². The zero-order valence-electron chi connectivity index (χ0n) is 34.0. The van der Waals surface area contributed by atoms with Crippen LogP contribution in [-0.2, 0) is 29.9 Å². The number of hydrogen-bond acceptors (Lipinski definition) is 7. The lowest BCUT2D eigenvalue weighted by atomic mass is 9.68. The van der Waals surface area contributed by atoms with Gasteiger partial charge in [-0.3, -0.25) is 24.0 Å². The van der Waals surface area contributed by atoms with Crippen molar-refractivity contribution in [2.24, 2.45) is 0 Å². The second-order valence-electron chi connectivity index (χ2n) is 16.9. The van der Waals surface area contributed by atoms with Crippen molar-refractivity contribution < 1.29 is 32.7 Å². The third kappa shape index (κ3) is 8.36. The van der Waals surface area contributed by atoms with Gasteiger partial charge in [-0.05, 0) is 88.1 Å². The number of ether oxygens (including phenoxy) is 1. The van der Waals surface area contributed by atoms with E-state index in [4.69, 9.17) is 4.74 Å². The number of piperidine rings is 1. The van der Waals surface area contributed by atoms with E-state index in [2.05, 4.69) is 20.6 Å². The van der Waals surface area contributed by atoms with Crippen LogP contribution in [-0.4, -0.2) is 98.1 Å². The van der Waals surface area contributed by atoms with E-state index in [1.165, 1.54) is 4.90 Å². The average molecular weight is 799 g/mol. The van der Waals surface area contributed by atoms with E-state index in [0.717, 1.165) is 16.8 Å². The van der Waals surface area contributed by atoms with Gasteiger partial charge in [-0.25, -0.2) is 13.6 Å². The highest BCUT2D eigenvalue weighted by Crippen LogP contribution is 2.57. The number of carbonyl (C=O) groups excluding carboxylic acids is 4. The van der Waals surface area contributed by atoms with Crippen LogP contribution in [0.1, 0.15) is 106 Å². The first kappa shape index (κ1) is 40.6. The van der Waals surface area contributed by atoms with Gasteiger partial charge in [0.2, 0.25) is 0 Å². The molecule has 58 heavy (non-hydrogen) atoms. The van der Waals surface area contributed by atoms with Gasteiger partial charge < -0.3 is 29.7 Å². The summed E-state index contributed by atoms with van der Waals surface area (Å²) in [6.07, 6.45) is 1.99. The number of nitrogens with one attached hydrogen (secondary N) is 2. The first-order valence-electron chi connectivity index (χ1n) is 19.8. The fraction of sp³-hybridized carbons (Fsp3) is 0.465. The van der Waals surface area contributed by atoms with Gasteiger partial charge in [-0.1, -0.05) is 24.3 Å². The molecule has 2 aromatic heterocycles.